The summed E-state index contributed by atoms with van der Waals surface area (Å²) in [7, 11) is 1.77. The highest BCUT2D eigenvalue weighted by Gasteiger charge is 2.17. The molecule has 0 spiro atoms. The lowest BCUT2D eigenvalue weighted by atomic mass is 10.1. The molecule has 2 aromatic rings. The molecule has 0 atom stereocenters. The topological polar surface area (TPSA) is 85.6 Å². The molecule has 0 unspecified atom stereocenters. The number of rotatable bonds is 5. The van der Waals surface area contributed by atoms with Gasteiger partial charge in [0, 0.05) is 26.6 Å². The number of aryl methyl sites for hydroxylation is 1. The minimum Gasteiger partial charge on any atom is -0.454 e. The second-order valence-electron chi connectivity index (χ2n) is 6.08. The van der Waals surface area contributed by atoms with Gasteiger partial charge >= 0.3 is 0 Å². The summed E-state index contributed by atoms with van der Waals surface area (Å²) in [5.74, 6) is 4.44. The first-order valence-corrected chi connectivity index (χ1v) is 8.57. The van der Waals surface area contributed by atoms with Crippen LogP contribution in [-0.4, -0.2) is 41.1 Å². The average molecular weight is 342 g/mol. The predicted molar refractivity (Wildman–Crippen MR) is 92.8 cm³/mol. The third-order valence-electron chi connectivity index (χ3n) is 4.47. The smallest absolute Gasteiger partial charge is 0.231 e. The van der Waals surface area contributed by atoms with Gasteiger partial charge in [-0.15, -0.1) is 10.2 Å². The molecule has 8 nitrogen and oxygen atoms in total. The maximum Gasteiger partial charge on any atom is 0.231 e. The minimum absolute atomic E-state index is 0.305. The Balaban J connectivity index is 1.26. The molecule has 4 rings (SSSR count). The van der Waals surface area contributed by atoms with Crippen molar-refractivity contribution < 1.29 is 9.47 Å². The number of ether oxygens (including phenoxy) is 2. The van der Waals surface area contributed by atoms with E-state index < -0.39 is 0 Å². The van der Waals surface area contributed by atoms with Gasteiger partial charge in [-0.05, 0) is 30.5 Å². The third-order valence-corrected chi connectivity index (χ3v) is 4.47. The van der Waals surface area contributed by atoms with Gasteiger partial charge in [0.1, 0.15) is 5.82 Å². The monoisotopic (exact) mass is 342 g/mol. The maximum atomic E-state index is 5.41. The van der Waals surface area contributed by atoms with Gasteiger partial charge in [-0.1, -0.05) is 6.07 Å². The number of hydrogen-bond donors (Lipinski definition) is 2. The number of aliphatic imine (C=N–C) groups is 1. The Labute approximate surface area is 146 Å². The van der Waals surface area contributed by atoms with Crippen molar-refractivity contribution >= 4 is 5.96 Å². The molecule has 0 radical (unpaired) electrons. The first kappa shape index (κ1) is 15.7. The first-order valence-electron chi connectivity index (χ1n) is 8.57. The summed E-state index contributed by atoms with van der Waals surface area (Å²) < 4.78 is 12.9. The lowest BCUT2D eigenvalue weighted by Crippen LogP contribution is -2.38. The molecule has 2 aliphatic rings. The van der Waals surface area contributed by atoms with E-state index in [9.17, 15) is 0 Å². The van der Waals surface area contributed by atoms with Crippen molar-refractivity contribution in [3.05, 3.63) is 35.4 Å². The molecular formula is C17H22N6O2. The van der Waals surface area contributed by atoms with E-state index >= 15 is 0 Å². The Bertz CT molecular complexity index is 785. The molecule has 0 saturated heterocycles. The highest BCUT2D eigenvalue weighted by Crippen LogP contribution is 2.32. The molecule has 1 aromatic heterocycles. The molecule has 2 aliphatic heterocycles. The Morgan fingerprint density at radius 1 is 1.24 bits per heavy atom. The molecule has 1 aromatic carbocycles. The van der Waals surface area contributed by atoms with Crippen LogP contribution >= 0.6 is 0 Å². The molecule has 0 aliphatic carbocycles. The molecule has 0 amide bonds. The summed E-state index contributed by atoms with van der Waals surface area (Å²) in [6, 6.07) is 6.04. The Hall–Kier alpha value is -2.77. The number of fused-ring (bicyclic) bond motifs is 2. The normalized spacial score (nSPS) is 15.3. The van der Waals surface area contributed by atoms with Crippen molar-refractivity contribution in [1.82, 2.24) is 25.4 Å². The second kappa shape index (κ2) is 7.00. The minimum atomic E-state index is 0.305. The van der Waals surface area contributed by atoms with E-state index in [4.69, 9.17) is 9.47 Å². The number of nitrogens with zero attached hydrogens (tertiary/aromatic N) is 4. The molecule has 132 valence electrons. The van der Waals surface area contributed by atoms with Crippen molar-refractivity contribution in [3.63, 3.8) is 0 Å². The van der Waals surface area contributed by atoms with Gasteiger partial charge in [0.05, 0.1) is 6.54 Å². The quantitative estimate of drug-likeness (QED) is 0.619. The van der Waals surface area contributed by atoms with E-state index in [0.29, 0.717) is 13.3 Å². The standard InChI is InChI=1S/C17H22N6O2/c1-18-17(20-10-16-22-21-15-3-2-8-23(15)16)19-7-6-12-4-5-13-14(9-12)25-11-24-13/h4-5,9H,2-3,6-8,10-11H2,1H3,(H2,18,19,20). The van der Waals surface area contributed by atoms with Crippen LogP contribution in [-0.2, 0) is 25.9 Å². The van der Waals surface area contributed by atoms with Gasteiger partial charge in [0.15, 0.2) is 23.3 Å². The van der Waals surface area contributed by atoms with Crippen molar-refractivity contribution in [3.8, 4) is 11.5 Å². The van der Waals surface area contributed by atoms with E-state index in [1.54, 1.807) is 7.05 Å². The molecule has 0 fully saturated rings. The fourth-order valence-electron chi connectivity index (χ4n) is 3.15. The van der Waals surface area contributed by atoms with Gasteiger partial charge in [-0.2, -0.15) is 0 Å². The van der Waals surface area contributed by atoms with Crippen LogP contribution in [0.5, 0.6) is 11.5 Å². The number of hydrogen-bond acceptors (Lipinski definition) is 5. The van der Waals surface area contributed by atoms with E-state index in [-0.39, 0.29) is 0 Å². The van der Waals surface area contributed by atoms with Crippen LogP contribution < -0.4 is 20.1 Å². The zero-order chi connectivity index (χ0) is 17.1. The van der Waals surface area contributed by atoms with Crippen LogP contribution in [0, 0.1) is 0 Å². The van der Waals surface area contributed by atoms with Gasteiger partial charge < -0.3 is 24.7 Å². The number of guanidine groups is 1. The van der Waals surface area contributed by atoms with Crippen LogP contribution in [0.25, 0.3) is 0 Å². The SMILES string of the molecule is CN=C(NCCc1ccc2c(c1)OCO2)NCc1nnc2n1CCC2. The molecule has 25 heavy (non-hydrogen) atoms. The summed E-state index contributed by atoms with van der Waals surface area (Å²) in [6.07, 6.45) is 3.05. The summed E-state index contributed by atoms with van der Waals surface area (Å²) in [6.45, 7) is 2.71. The molecule has 0 saturated carbocycles. The molecule has 8 heteroatoms. The van der Waals surface area contributed by atoms with Gasteiger partial charge in [0.25, 0.3) is 0 Å². The number of nitrogens with one attached hydrogen (secondary N) is 2. The van der Waals surface area contributed by atoms with Gasteiger partial charge in [0.2, 0.25) is 6.79 Å². The Morgan fingerprint density at radius 2 is 2.16 bits per heavy atom. The summed E-state index contributed by atoms with van der Waals surface area (Å²) >= 11 is 0. The van der Waals surface area contributed by atoms with Crippen molar-refractivity contribution in [2.75, 3.05) is 20.4 Å². The zero-order valence-electron chi connectivity index (χ0n) is 14.3. The molecule has 3 heterocycles. The summed E-state index contributed by atoms with van der Waals surface area (Å²) in [4.78, 5) is 4.26. The van der Waals surface area contributed by atoms with Gasteiger partial charge in [-0.3, -0.25) is 4.99 Å². The molecule has 2 N–H and O–H groups in total. The second-order valence-corrected chi connectivity index (χ2v) is 6.08. The van der Waals surface area contributed by atoms with Crippen LogP contribution in [0.15, 0.2) is 23.2 Å². The highest BCUT2D eigenvalue weighted by atomic mass is 16.7. The lowest BCUT2D eigenvalue weighted by Gasteiger charge is -2.12. The Kier molecular flexibility index (Phi) is 4.41. The largest absolute Gasteiger partial charge is 0.454 e. The van der Waals surface area contributed by atoms with Crippen molar-refractivity contribution in [2.24, 2.45) is 4.99 Å². The van der Waals surface area contributed by atoms with Crippen LogP contribution in [0.1, 0.15) is 23.6 Å². The van der Waals surface area contributed by atoms with Gasteiger partial charge in [-0.25, -0.2) is 0 Å². The van der Waals surface area contributed by atoms with Crippen LogP contribution in [0.4, 0.5) is 0 Å². The fraction of sp³-hybridized carbons (Fsp3) is 0.471. The van der Waals surface area contributed by atoms with E-state index in [0.717, 1.165) is 61.5 Å². The highest BCUT2D eigenvalue weighted by molar-refractivity contribution is 5.79. The van der Waals surface area contributed by atoms with Crippen LogP contribution in [0.3, 0.4) is 0 Å². The van der Waals surface area contributed by atoms with Crippen molar-refractivity contribution in [2.45, 2.75) is 32.4 Å². The zero-order valence-corrected chi connectivity index (χ0v) is 14.3. The average Bonchev–Trinajstić information content (AvgIpc) is 3.34. The fourth-order valence-corrected chi connectivity index (χ4v) is 3.15. The summed E-state index contributed by atoms with van der Waals surface area (Å²) in [5, 5.41) is 15.1. The summed E-state index contributed by atoms with van der Waals surface area (Å²) in [5.41, 5.74) is 1.20. The first-order chi connectivity index (χ1) is 12.3. The third kappa shape index (κ3) is 3.38. The number of benzene rings is 1. The van der Waals surface area contributed by atoms with E-state index in [2.05, 4.69) is 36.5 Å². The molecular weight excluding hydrogens is 320 g/mol. The predicted octanol–water partition coefficient (Wildman–Crippen LogP) is 0.861. The van der Waals surface area contributed by atoms with E-state index in [1.165, 1.54) is 5.56 Å². The maximum absolute atomic E-state index is 5.41. The van der Waals surface area contributed by atoms with Crippen molar-refractivity contribution in [1.29, 1.82) is 0 Å². The molecule has 0 bridgehead atoms. The lowest BCUT2D eigenvalue weighted by molar-refractivity contribution is 0.174. The van der Waals surface area contributed by atoms with E-state index in [1.807, 2.05) is 12.1 Å². The number of aromatic nitrogens is 3. The Morgan fingerprint density at radius 3 is 3.08 bits per heavy atom. The van der Waals surface area contributed by atoms with Crippen LogP contribution in [0.2, 0.25) is 0 Å².